The summed E-state index contributed by atoms with van der Waals surface area (Å²) < 4.78 is 1.68. The maximum absolute atomic E-state index is 12.5. The summed E-state index contributed by atoms with van der Waals surface area (Å²) in [5.41, 5.74) is 2.10. The average molecular weight is 388 g/mol. The van der Waals surface area contributed by atoms with Gasteiger partial charge in [0.1, 0.15) is 6.10 Å². The van der Waals surface area contributed by atoms with Crippen molar-refractivity contribution in [2.24, 2.45) is 5.92 Å². The molecule has 8 heteroatoms. The van der Waals surface area contributed by atoms with Gasteiger partial charge in [0.2, 0.25) is 0 Å². The van der Waals surface area contributed by atoms with Crippen molar-refractivity contribution in [2.75, 3.05) is 6.54 Å². The van der Waals surface area contributed by atoms with Gasteiger partial charge in [0.25, 0.3) is 5.91 Å². The Morgan fingerprint density at radius 1 is 1.26 bits per heavy atom. The van der Waals surface area contributed by atoms with Crippen molar-refractivity contribution in [3.63, 3.8) is 0 Å². The van der Waals surface area contributed by atoms with Crippen LogP contribution in [0.2, 0.25) is 0 Å². The topological polar surface area (TPSA) is 92.4 Å². The SMILES string of the molecule is CC(C)c1nc(CCNC(=O)c2ccc3nnc(C(O)C(C)C)n3c2)cs1. The number of aliphatic hydroxyl groups excluding tert-OH is 1. The molecule has 3 aromatic rings. The van der Waals surface area contributed by atoms with Crippen molar-refractivity contribution < 1.29 is 9.90 Å². The van der Waals surface area contributed by atoms with Crippen LogP contribution in [0, 0.1) is 5.92 Å². The van der Waals surface area contributed by atoms with Crippen molar-refractivity contribution in [2.45, 2.75) is 46.1 Å². The van der Waals surface area contributed by atoms with Gasteiger partial charge in [-0.1, -0.05) is 27.7 Å². The van der Waals surface area contributed by atoms with Gasteiger partial charge in [-0.25, -0.2) is 4.98 Å². The Bertz CT molecular complexity index is 931. The number of pyridine rings is 1. The zero-order valence-corrected chi connectivity index (χ0v) is 16.8. The zero-order chi connectivity index (χ0) is 19.6. The Morgan fingerprint density at radius 2 is 2.04 bits per heavy atom. The molecular formula is C19H25N5O2S. The molecule has 1 unspecified atom stereocenters. The van der Waals surface area contributed by atoms with Crippen LogP contribution >= 0.6 is 11.3 Å². The van der Waals surface area contributed by atoms with Gasteiger partial charge in [0, 0.05) is 30.5 Å². The number of fused-ring (bicyclic) bond motifs is 1. The van der Waals surface area contributed by atoms with Crippen LogP contribution in [0.1, 0.15) is 66.6 Å². The number of hydrogen-bond donors (Lipinski definition) is 2. The number of hydrogen-bond acceptors (Lipinski definition) is 6. The van der Waals surface area contributed by atoms with Crippen molar-refractivity contribution in [3.05, 3.63) is 45.8 Å². The molecule has 3 heterocycles. The summed E-state index contributed by atoms with van der Waals surface area (Å²) in [7, 11) is 0. The first-order valence-corrected chi connectivity index (χ1v) is 10.00. The molecule has 2 N–H and O–H groups in total. The molecule has 1 atom stereocenters. The Labute approximate surface area is 162 Å². The number of aromatic nitrogens is 4. The third-order valence-corrected chi connectivity index (χ3v) is 5.51. The van der Waals surface area contributed by atoms with Crippen molar-refractivity contribution in [1.29, 1.82) is 0 Å². The Balaban J connectivity index is 1.67. The van der Waals surface area contributed by atoms with E-state index < -0.39 is 6.10 Å². The van der Waals surface area contributed by atoms with E-state index in [2.05, 4.69) is 34.3 Å². The smallest absolute Gasteiger partial charge is 0.252 e. The summed E-state index contributed by atoms with van der Waals surface area (Å²) >= 11 is 1.66. The van der Waals surface area contributed by atoms with Crippen LogP contribution < -0.4 is 5.32 Å². The molecule has 0 fully saturated rings. The Morgan fingerprint density at radius 3 is 2.70 bits per heavy atom. The molecule has 0 aliphatic rings. The highest BCUT2D eigenvalue weighted by molar-refractivity contribution is 7.09. The van der Waals surface area contributed by atoms with E-state index in [9.17, 15) is 9.90 Å². The number of nitrogens with one attached hydrogen (secondary N) is 1. The van der Waals surface area contributed by atoms with E-state index in [0.29, 0.717) is 35.9 Å². The van der Waals surface area contributed by atoms with E-state index in [1.54, 1.807) is 34.1 Å². The zero-order valence-electron chi connectivity index (χ0n) is 16.0. The summed E-state index contributed by atoms with van der Waals surface area (Å²) in [6.07, 6.45) is 1.63. The number of amides is 1. The van der Waals surface area contributed by atoms with Crippen LogP contribution in [0.5, 0.6) is 0 Å². The number of nitrogens with zero attached hydrogens (tertiary/aromatic N) is 4. The molecule has 0 radical (unpaired) electrons. The lowest BCUT2D eigenvalue weighted by Gasteiger charge is -2.12. The molecule has 3 aromatic heterocycles. The summed E-state index contributed by atoms with van der Waals surface area (Å²) in [6.45, 7) is 8.57. The van der Waals surface area contributed by atoms with E-state index in [0.717, 1.165) is 10.7 Å². The number of rotatable bonds is 7. The van der Waals surface area contributed by atoms with E-state index in [-0.39, 0.29) is 11.8 Å². The number of carbonyl (C=O) groups excluding carboxylic acids is 1. The predicted octanol–water partition coefficient (Wildman–Crippen LogP) is 2.97. The molecule has 0 saturated carbocycles. The van der Waals surface area contributed by atoms with E-state index >= 15 is 0 Å². The quantitative estimate of drug-likeness (QED) is 0.650. The highest BCUT2D eigenvalue weighted by atomic mass is 32.1. The molecule has 1 amide bonds. The second kappa shape index (κ2) is 8.14. The van der Waals surface area contributed by atoms with Crippen LogP contribution in [0.3, 0.4) is 0 Å². The predicted molar refractivity (Wildman–Crippen MR) is 105 cm³/mol. The first-order chi connectivity index (χ1) is 12.9. The number of aliphatic hydroxyl groups is 1. The minimum absolute atomic E-state index is 0.00345. The summed E-state index contributed by atoms with van der Waals surface area (Å²) in [6, 6.07) is 3.44. The van der Waals surface area contributed by atoms with Crippen LogP contribution in [-0.4, -0.2) is 37.1 Å². The lowest BCUT2D eigenvalue weighted by Crippen LogP contribution is -2.26. The third kappa shape index (κ3) is 4.33. The first-order valence-electron chi connectivity index (χ1n) is 9.12. The Hall–Kier alpha value is -2.32. The summed E-state index contributed by atoms with van der Waals surface area (Å²) in [5.74, 6) is 0.696. The normalized spacial score (nSPS) is 12.9. The lowest BCUT2D eigenvalue weighted by molar-refractivity contribution is 0.0952. The first kappa shape index (κ1) is 19.4. The van der Waals surface area contributed by atoms with Crippen molar-refractivity contribution in [3.8, 4) is 0 Å². The van der Waals surface area contributed by atoms with Crippen molar-refractivity contribution >= 4 is 22.9 Å². The number of thiazole rings is 1. The van der Waals surface area contributed by atoms with Crippen LogP contribution in [-0.2, 0) is 6.42 Å². The van der Waals surface area contributed by atoms with E-state index in [4.69, 9.17) is 0 Å². The van der Waals surface area contributed by atoms with Crippen LogP contribution in [0.15, 0.2) is 23.7 Å². The fourth-order valence-corrected chi connectivity index (χ4v) is 3.52. The highest BCUT2D eigenvalue weighted by Gasteiger charge is 2.19. The maximum atomic E-state index is 12.5. The van der Waals surface area contributed by atoms with E-state index in [1.165, 1.54) is 0 Å². The average Bonchev–Trinajstić information content (AvgIpc) is 3.27. The molecule has 0 aliphatic heterocycles. The Kier molecular flexibility index (Phi) is 5.86. The summed E-state index contributed by atoms with van der Waals surface area (Å²) in [4.78, 5) is 17.1. The van der Waals surface area contributed by atoms with Crippen LogP contribution in [0.4, 0.5) is 0 Å². The van der Waals surface area contributed by atoms with Gasteiger partial charge in [-0.3, -0.25) is 9.20 Å². The minimum atomic E-state index is -0.738. The van der Waals surface area contributed by atoms with Gasteiger partial charge in [0.15, 0.2) is 11.5 Å². The van der Waals surface area contributed by atoms with Gasteiger partial charge in [-0.2, -0.15) is 0 Å². The van der Waals surface area contributed by atoms with Gasteiger partial charge in [-0.05, 0) is 18.1 Å². The molecule has 27 heavy (non-hydrogen) atoms. The van der Waals surface area contributed by atoms with Gasteiger partial charge in [0.05, 0.1) is 16.3 Å². The number of carbonyl (C=O) groups is 1. The maximum Gasteiger partial charge on any atom is 0.252 e. The van der Waals surface area contributed by atoms with Gasteiger partial charge in [-0.15, -0.1) is 21.5 Å². The highest BCUT2D eigenvalue weighted by Crippen LogP contribution is 2.21. The fraction of sp³-hybridized carbons (Fsp3) is 0.474. The molecule has 0 aliphatic carbocycles. The minimum Gasteiger partial charge on any atom is -0.385 e. The molecule has 0 saturated heterocycles. The standard InChI is InChI=1S/C19H25N5O2S/c1-11(2)16(25)17-23-22-15-6-5-13(9-24(15)17)18(26)20-8-7-14-10-27-19(21-14)12(3)4/h5-6,9-12,16,25H,7-8H2,1-4H3,(H,20,26). The lowest BCUT2D eigenvalue weighted by atomic mass is 10.1. The van der Waals surface area contributed by atoms with Crippen LogP contribution in [0.25, 0.3) is 5.65 Å². The van der Waals surface area contributed by atoms with Gasteiger partial charge < -0.3 is 10.4 Å². The molecule has 0 aromatic carbocycles. The molecule has 0 bridgehead atoms. The summed E-state index contributed by atoms with van der Waals surface area (Å²) in [5, 5.41) is 24.5. The third-order valence-electron chi connectivity index (χ3n) is 4.32. The molecule has 7 nitrogen and oxygen atoms in total. The molecule has 144 valence electrons. The van der Waals surface area contributed by atoms with Crippen molar-refractivity contribution in [1.82, 2.24) is 24.9 Å². The monoisotopic (exact) mass is 387 g/mol. The largest absolute Gasteiger partial charge is 0.385 e. The van der Waals surface area contributed by atoms with E-state index in [1.807, 2.05) is 19.2 Å². The van der Waals surface area contributed by atoms with Gasteiger partial charge >= 0.3 is 0 Å². The second-order valence-electron chi connectivity index (χ2n) is 7.23. The molecule has 3 rings (SSSR count). The molecular weight excluding hydrogens is 362 g/mol. The molecule has 0 spiro atoms. The fourth-order valence-electron chi connectivity index (χ4n) is 2.65. The second-order valence-corrected chi connectivity index (χ2v) is 8.12.